The number of likely N-dealkylation sites (N-methyl/N-ethyl adjacent to an activating group) is 1. The number of aliphatic hydroxyl groups excluding tert-OH is 1. The van der Waals surface area contributed by atoms with Gasteiger partial charge in [-0.3, -0.25) is 0 Å². The fraction of sp³-hybridized carbons (Fsp3) is 1.00. The van der Waals surface area contributed by atoms with Gasteiger partial charge < -0.3 is 9.59 Å². The predicted octanol–water partition coefficient (Wildman–Crippen LogP) is 10.2. The Hall–Kier alpha value is -0.0800. The van der Waals surface area contributed by atoms with Gasteiger partial charge in [0.05, 0.1) is 20.1 Å². The van der Waals surface area contributed by atoms with E-state index in [0.29, 0.717) is 0 Å². The zero-order valence-electron chi connectivity index (χ0n) is 24.6. The molecule has 0 radical (unpaired) electrons. The second kappa shape index (κ2) is 26.0. The first-order valence-corrected chi connectivity index (χ1v) is 16.1. The lowest BCUT2D eigenvalue weighted by molar-refractivity contribution is -0.912. The lowest BCUT2D eigenvalue weighted by atomic mass is 10.0. The molecule has 1 atom stereocenters. The molecule has 0 aliphatic heterocycles. The van der Waals surface area contributed by atoms with E-state index < -0.39 is 0 Å². The van der Waals surface area contributed by atoms with Crippen LogP contribution in [-0.4, -0.2) is 42.4 Å². The van der Waals surface area contributed by atoms with Gasteiger partial charge in [-0.1, -0.05) is 142 Å². The van der Waals surface area contributed by atoms with Gasteiger partial charge >= 0.3 is 0 Å². The molecule has 0 spiro atoms. The summed E-state index contributed by atoms with van der Waals surface area (Å²) in [5, 5.41) is 10.1. The lowest BCUT2D eigenvalue weighted by Gasteiger charge is -2.36. The van der Waals surface area contributed by atoms with Crippen molar-refractivity contribution < 1.29 is 9.59 Å². The summed E-state index contributed by atoms with van der Waals surface area (Å²) in [6.07, 6.45) is 33.8. The molecule has 34 heavy (non-hydrogen) atoms. The van der Waals surface area contributed by atoms with Crippen LogP contribution < -0.4 is 0 Å². The Labute approximate surface area is 217 Å². The van der Waals surface area contributed by atoms with Gasteiger partial charge in [-0.15, -0.1) is 0 Å². The van der Waals surface area contributed by atoms with Crippen LogP contribution in [0.3, 0.4) is 0 Å². The average molecular weight is 483 g/mol. The fourth-order valence-electron chi connectivity index (χ4n) is 5.60. The number of aliphatic hydroxyl groups is 1. The summed E-state index contributed by atoms with van der Waals surface area (Å²) in [4.78, 5) is 0. The summed E-state index contributed by atoms with van der Waals surface area (Å²) >= 11 is 0. The number of rotatable bonds is 28. The molecule has 2 heteroatoms. The van der Waals surface area contributed by atoms with Crippen molar-refractivity contribution in [2.24, 2.45) is 0 Å². The first-order chi connectivity index (χ1) is 16.5. The van der Waals surface area contributed by atoms with Crippen LogP contribution in [0.5, 0.6) is 0 Å². The van der Waals surface area contributed by atoms with Crippen molar-refractivity contribution in [1.82, 2.24) is 0 Å². The smallest absolute Gasteiger partial charge is 0.104 e. The van der Waals surface area contributed by atoms with Crippen LogP contribution in [0.4, 0.5) is 0 Å². The zero-order chi connectivity index (χ0) is 25.2. The van der Waals surface area contributed by atoms with E-state index in [1.807, 2.05) is 6.92 Å². The summed E-state index contributed by atoms with van der Waals surface area (Å²) in [6, 6.07) is 0. The highest BCUT2D eigenvalue weighted by molar-refractivity contribution is 4.53. The molecule has 0 aliphatic carbocycles. The quantitative estimate of drug-likeness (QED) is 0.0868. The second-order valence-corrected chi connectivity index (χ2v) is 11.9. The third kappa shape index (κ3) is 25.0. The second-order valence-electron chi connectivity index (χ2n) is 11.9. The SMILES string of the molecule is CCCCCCCCCCCCCC[N+](C)(CCCCCCCCCCCCCC)CC(C)O. The van der Waals surface area contributed by atoms with Crippen molar-refractivity contribution in [2.75, 3.05) is 26.7 Å². The third-order valence-electron chi connectivity index (χ3n) is 7.81. The van der Waals surface area contributed by atoms with Gasteiger partial charge in [0.25, 0.3) is 0 Å². The minimum Gasteiger partial charge on any atom is -0.388 e. The normalized spacial score (nSPS) is 13.0. The minimum absolute atomic E-state index is 0.181. The van der Waals surface area contributed by atoms with E-state index in [9.17, 15) is 5.11 Å². The Morgan fingerprint density at radius 3 is 0.912 bits per heavy atom. The number of hydrogen-bond donors (Lipinski definition) is 1. The Balaban J connectivity index is 3.69. The standard InChI is InChI=1S/C32H68NO/c1-5-7-9-11-13-15-17-19-21-23-25-27-29-33(4,31-32(3)34)30-28-26-24-22-20-18-16-14-12-10-8-6-2/h32,34H,5-31H2,1-4H3/q+1. The Bertz CT molecular complexity index is 353. The summed E-state index contributed by atoms with van der Waals surface area (Å²) in [6.45, 7) is 9.99. The van der Waals surface area contributed by atoms with E-state index in [1.54, 1.807) is 0 Å². The maximum Gasteiger partial charge on any atom is 0.104 e. The van der Waals surface area contributed by atoms with E-state index in [0.717, 1.165) is 11.0 Å². The molecule has 206 valence electrons. The Morgan fingerprint density at radius 2 is 0.676 bits per heavy atom. The summed E-state index contributed by atoms with van der Waals surface area (Å²) < 4.78 is 1.08. The number of quaternary nitrogens is 1. The van der Waals surface area contributed by atoms with Gasteiger partial charge in [0.1, 0.15) is 12.6 Å². The molecule has 0 aliphatic rings. The van der Waals surface area contributed by atoms with Crippen molar-refractivity contribution in [3.63, 3.8) is 0 Å². The molecule has 0 heterocycles. The lowest BCUT2D eigenvalue weighted by Crippen LogP contribution is -2.49. The van der Waals surface area contributed by atoms with E-state index >= 15 is 0 Å². The van der Waals surface area contributed by atoms with Crippen molar-refractivity contribution in [3.05, 3.63) is 0 Å². The van der Waals surface area contributed by atoms with Crippen LogP contribution in [0.1, 0.15) is 175 Å². The highest BCUT2D eigenvalue weighted by Gasteiger charge is 2.22. The van der Waals surface area contributed by atoms with Crippen molar-refractivity contribution in [3.8, 4) is 0 Å². The van der Waals surface area contributed by atoms with E-state index in [4.69, 9.17) is 0 Å². The molecule has 0 aromatic rings. The highest BCUT2D eigenvalue weighted by Crippen LogP contribution is 2.16. The van der Waals surface area contributed by atoms with Gasteiger partial charge in [-0.2, -0.15) is 0 Å². The predicted molar refractivity (Wildman–Crippen MR) is 155 cm³/mol. The molecule has 0 fully saturated rings. The highest BCUT2D eigenvalue weighted by atomic mass is 16.3. The van der Waals surface area contributed by atoms with Gasteiger partial charge in [0.15, 0.2) is 0 Å². The van der Waals surface area contributed by atoms with Crippen molar-refractivity contribution in [2.45, 2.75) is 181 Å². The molecule has 0 aromatic heterocycles. The van der Waals surface area contributed by atoms with Crippen molar-refractivity contribution in [1.29, 1.82) is 0 Å². The molecular formula is C32H68NO+. The summed E-state index contributed by atoms with van der Waals surface area (Å²) in [7, 11) is 2.39. The van der Waals surface area contributed by atoms with Crippen LogP contribution in [-0.2, 0) is 0 Å². The maximum atomic E-state index is 10.1. The molecule has 0 bridgehead atoms. The van der Waals surface area contributed by atoms with Crippen LogP contribution in [0.25, 0.3) is 0 Å². The summed E-state index contributed by atoms with van der Waals surface area (Å²) in [5.74, 6) is 0. The molecule has 0 rings (SSSR count). The van der Waals surface area contributed by atoms with Gasteiger partial charge in [-0.05, 0) is 32.6 Å². The van der Waals surface area contributed by atoms with E-state index in [-0.39, 0.29) is 6.10 Å². The molecule has 1 N–H and O–H groups in total. The molecule has 2 nitrogen and oxygen atoms in total. The molecule has 0 saturated heterocycles. The molecule has 0 aromatic carbocycles. The number of hydrogen-bond acceptors (Lipinski definition) is 1. The Kier molecular flexibility index (Phi) is 25.9. The largest absolute Gasteiger partial charge is 0.388 e. The average Bonchev–Trinajstić information content (AvgIpc) is 2.80. The van der Waals surface area contributed by atoms with Crippen molar-refractivity contribution >= 4 is 0 Å². The third-order valence-corrected chi connectivity index (χ3v) is 7.81. The van der Waals surface area contributed by atoms with Gasteiger partial charge in [0.2, 0.25) is 0 Å². The molecule has 0 amide bonds. The first kappa shape index (κ1) is 33.9. The molecule has 1 unspecified atom stereocenters. The number of nitrogens with zero attached hydrogens (tertiary/aromatic N) is 1. The monoisotopic (exact) mass is 483 g/mol. The van der Waals surface area contributed by atoms with Gasteiger partial charge in [-0.25, -0.2) is 0 Å². The molecule has 0 saturated carbocycles. The van der Waals surface area contributed by atoms with Gasteiger partial charge in [0, 0.05) is 0 Å². The number of unbranched alkanes of at least 4 members (excludes halogenated alkanes) is 22. The Morgan fingerprint density at radius 1 is 0.441 bits per heavy atom. The minimum atomic E-state index is -0.181. The fourth-order valence-corrected chi connectivity index (χ4v) is 5.60. The van der Waals surface area contributed by atoms with E-state index in [2.05, 4.69) is 20.9 Å². The molecular weight excluding hydrogens is 414 g/mol. The first-order valence-electron chi connectivity index (χ1n) is 16.1. The van der Waals surface area contributed by atoms with Crippen LogP contribution in [0, 0.1) is 0 Å². The van der Waals surface area contributed by atoms with Crippen LogP contribution >= 0.6 is 0 Å². The summed E-state index contributed by atoms with van der Waals surface area (Å²) in [5.41, 5.74) is 0. The van der Waals surface area contributed by atoms with E-state index in [1.165, 1.54) is 167 Å². The van der Waals surface area contributed by atoms with Crippen LogP contribution in [0.2, 0.25) is 0 Å². The zero-order valence-corrected chi connectivity index (χ0v) is 24.6. The van der Waals surface area contributed by atoms with Crippen LogP contribution in [0.15, 0.2) is 0 Å². The maximum absolute atomic E-state index is 10.1. The topological polar surface area (TPSA) is 20.2 Å².